The highest BCUT2D eigenvalue weighted by Gasteiger charge is 2.20. The fraction of sp³-hybridized carbons (Fsp3) is 0.364. The Morgan fingerprint density at radius 1 is 1.22 bits per heavy atom. The van der Waals surface area contributed by atoms with Crippen LogP contribution in [0.25, 0.3) is 10.2 Å². The van der Waals surface area contributed by atoms with Crippen LogP contribution in [-0.2, 0) is 31.7 Å². The Bertz CT molecular complexity index is 1310. The second kappa shape index (κ2) is 9.25. The molecule has 1 aliphatic carbocycles. The van der Waals surface area contributed by atoms with E-state index in [-0.39, 0.29) is 5.56 Å². The Kier molecular flexibility index (Phi) is 6.21. The maximum absolute atomic E-state index is 12.8. The van der Waals surface area contributed by atoms with E-state index in [0.717, 1.165) is 52.8 Å². The van der Waals surface area contributed by atoms with Crippen molar-refractivity contribution in [1.29, 1.82) is 0 Å². The van der Waals surface area contributed by atoms with E-state index in [4.69, 9.17) is 21.3 Å². The highest BCUT2D eigenvalue weighted by atomic mass is 35.5. The fourth-order valence-electron chi connectivity index (χ4n) is 3.94. The molecule has 32 heavy (non-hydrogen) atoms. The molecular formula is C22H22ClN5O2S2. The van der Waals surface area contributed by atoms with Gasteiger partial charge in [0.15, 0.2) is 11.0 Å². The number of rotatable bonds is 7. The highest BCUT2D eigenvalue weighted by molar-refractivity contribution is 7.98. The van der Waals surface area contributed by atoms with Crippen molar-refractivity contribution in [3.8, 4) is 5.75 Å². The lowest BCUT2D eigenvalue weighted by atomic mass is 9.97. The van der Waals surface area contributed by atoms with Crippen LogP contribution in [0.4, 0.5) is 0 Å². The zero-order valence-electron chi connectivity index (χ0n) is 17.6. The number of aryl methyl sites for hydroxylation is 2. The summed E-state index contributed by atoms with van der Waals surface area (Å²) in [6, 6.07) is 7.23. The van der Waals surface area contributed by atoms with Gasteiger partial charge in [0.25, 0.3) is 5.56 Å². The van der Waals surface area contributed by atoms with Crippen molar-refractivity contribution in [3.63, 3.8) is 0 Å². The van der Waals surface area contributed by atoms with Crippen LogP contribution in [0.2, 0.25) is 5.02 Å². The predicted octanol–water partition coefficient (Wildman–Crippen LogP) is 5.00. The second-order valence-corrected chi connectivity index (χ2v) is 10.0. The molecule has 1 N–H and O–H groups in total. The van der Waals surface area contributed by atoms with E-state index in [2.05, 4.69) is 15.2 Å². The number of nitrogens with zero attached hydrogens (tertiary/aromatic N) is 4. The van der Waals surface area contributed by atoms with Crippen LogP contribution in [0.3, 0.4) is 0 Å². The van der Waals surface area contributed by atoms with Gasteiger partial charge in [0, 0.05) is 16.4 Å². The quantitative estimate of drug-likeness (QED) is 0.369. The number of H-pyrrole nitrogens is 1. The molecule has 0 fully saturated rings. The van der Waals surface area contributed by atoms with Crippen molar-refractivity contribution in [3.05, 3.63) is 61.7 Å². The summed E-state index contributed by atoms with van der Waals surface area (Å²) >= 11 is 9.10. The van der Waals surface area contributed by atoms with E-state index in [1.54, 1.807) is 23.5 Å². The van der Waals surface area contributed by atoms with Crippen LogP contribution in [-0.4, -0.2) is 24.7 Å². The molecule has 0 unspecified atom stereocenters. The van der Waals surface area contributed by atoms with Gasteiger partial charge in [0.2, 0.25) is 0 Å². The summed E-state index contributed by atoms with van der Waals surface area (Å²) in [5.41, 5.74) is 1.18. The summed E-state index contributed by atoms with van der Waals surface area (Å²) in [7, 11) is 0. The van der Waals surface area contributed by atoms with Crippen molar-refractivity contribution >= 4 is 44.9 Å². The largest absolute Gasteiger partial charge is 0.486 e. The summed E-state index contributed by atoms with van der Waals surface area (Å²) < 4.78 is 7.83. The van der Waals surface area contributed by atoms with Gasteiger partial charge in [-0.1, -0.05) is 23.4 Å². The number of thioether (sulfide) groups is 1. The van der Waals surface area contributed by atoms with Crippen LogP contribution >= 0.6 is 34.7 Å². The lowest BCUT2D eigenvalue weighted by molar-refractivity contribution is 0.288. The molecule has 0 amide bonds. The SMILES string of the molecule is CCn1c(COc2ccc(Cl)cc2)nnc1SCc1nc2sc3c(c2c(=O)[nH]1)CCCC3. The summed E-state index contributed by atoms with van der Waals surface area (Å²) in [4.78, 5) is 22.7. The molecule has 0 spiro atoms. The molecule has 10 heteroatoms. The molecular weight excluding hydrogens is 466 g/mol. The molecule has 0 saturated heterocycles. The molecule has 0 saturated carbocycles. The van der Waals surface area contributed by atoms with Gasteiger partial charge in [-0.3, -0.25) is 4.79 Å². The molecule has 1 aliphatic rings. The van der Waals surface area contributed by atoms with Gasteiger partial charge in [-0.05, 0) is 62.4 Å². The minimum Gasteiger partial charge on any atom is -0.486 e. The first-order chi connectivity index (χ1) is 15.6. The van der Waals surface area contributed by atoms with Gasteiger partial charge in [-0.25, -0.2) is 4.98 Å². The number of aromatic amines is 1. The molecule has 166 valence electrons. The monoisotopic (exact) mass is 487 g/mol. The Hall–Kier alpha value is -2.36. The van der Waals surface area contributed by atoms with Crippen LogP contribution in [0.15, 0.2) is 34.2 Å². The average Bonchev–Trinajstić information content (AvgIpc) is 3.37. The number of halogens is 1. The number of benzene rings is 1. The van der Waals surface area contributed by atoms with Crippen molar-refractivity contribution in [1.82, 2.24) is 24.7 Å². The Morgan fingerprint density at radius 3 is 2.84 bits per heavy atom. The normalized spacial score (nSPS) is 13.4. The molecule has 0 radical (unpaired) electrons. The lowest BCUT2D eigenvalue weighted by Crippen LogP contribution is -2.12. The first kappa shape index (κ1) is 21.5. The standard InChI is InChI=1S/C22H22ClN5O2S2/c1-2-28-18(11-30-14-9-7-13(23)8-10-14)26-27-22(28)31-12-17-24-20(29)19-15-5-3-4-6-16(15)32-21(19)25-17/h7-10H,2-6,11-12H2,1H3,(H,24,25,29). The van der Waals surface area contributed by atoms with Crippen molar-refractivity contribution in [2.24, 2.45) is 0 Å². The third-order valence-electron chi connectivity index (χ3n) is 5.50. The summed E-state index contributed by atoms with van der Waals surface area (Å²) in [5.74, 6) is 2.65. The van der Waals surface area contributed by atoms with Crippen molar-refractivity contribution in [2.45, 2.75) is 56.7 Å². The molecule has 0 aliphatic heterocycles. The summed E-state index contributed by atoms with van der Waals surface area (Å²) in [6.45, 7) is 3.07. The first-order valence-corrected chi connectivity index (χ1v) is 12.8. The van der Waals surface area contributed by atoms with Crippen molar-refractivity contribution in [2.75, 3.05) is 0 Å². The smallest absolute Gasteiger partial charge is 0.259 e. The zero-order valence-corrected chi connectivity index (χ0v) is 19.9. The molecule has 4 aromatic rings. The minimum atomic E-state index is -0.0287. The van der Waals surface area contributed by atoms with Crippen LogP contribution in [0.1, 0.15) is 41.9 Å². The first-order valence-electron chi connectivity index (χ1n) is 10.6. The van der Waals surface area contributed by atoms with Crippen molar-refractivity contribution < 1.29 is 4.74 Å². The number of fused-ring (bicyclic) bond motifs is 3. The Balaban J connectivity index is 1.31. The number of ether oxygens (including phenoxy) is 1. The number of thiophene rings is 1. The molecule has 7 nitrogen and oxygen atoms in total. The van der Waals surface area contributed by atoms with E-state index in [1.807, 2.05) is 23.6 Å². The van der Waals surface area contributed by atoms with E-state index >= 15 is 0 Å². The van der Waals surface area contributed by atoms with Gasteiger partial charge >= 0.3 is 0 Å². The number of hydrogen-bond acceptors (Lipinski definition) is 7. The highest BCUT2D eigenvalue weighted by Crippen LogP contribution is 2.34. The van der Waals surface area contributed by atoms with Gasteiger partial charge < -0.3 is 14.3 Å². The summed E-state index contributed by atoms with van der Waals surface area (Å²) in [5, 5.41) is 10.8. The average molecular weight is 488 g/mol. The molecule has 0 atom stereocenters. The Labute approximate surface area is 198 Å². The summed E-state index contributed by atoms with van der Waals surface area (Å²) in [6.07, 6.45) is 4.37. The van der Waals surface area contributed by atoms with Crippen LogP contribution < -0.4 is 10.3 Å². The van der Waals surface area contributed by atoms with E-state index in [0.29, 0.717) is 23.2 Å². The number of hydrogen-bond donors (Lipinski definition) is 1. The molecule has 1 aromatic carbocycles. The van der Waals surface area contributed by atoms with Crippen LogP contribution in [0.5, 0.6) is 5.75 Å². The van der Waals surface area contributed by atoms with E-state index in [9.17, 15) is 4.79 Å². The second-order valence-electron chi connectivity index (χ2n) is 7.58. The van der Waals surface area contributed by atoms with Gasteiger partial charge in [-0.2, -0.15) is 0 Å². The number of aromatic nitrogens is 5. The van der Waals surface area contributed by atoms with E-state index < -0.39 is 0 Å². The minimum absolute atomic E-state index is 0.0287. The fourth-order valence-corrected chi connectivity index (χ4v) is 6.24. The zero-order chi connectivity index (χ0) is 22.1. The molecule has 3 heterocycles. The maximum atomic E-state index is 12.8. The topological polar surface area (TPSA) is 85.7 Å². The lowest BCUT2D eigenvalue weighted by Gasteiger charge is -2.09. The van der Waals surface area contributed by atoms with Gasteiger partial charge in [0.1, 0.15) is 23.0 Å². The van der Waals surface area contributed by atoms with E-state index in [1.165, 1.54) is 28.6 Å². The molecule has 5 rings (SSSR count). The molecule has 3 aromatic heterocycles. The number of nitrogens with one attached hydrogen (secondary N) is 1. The molecule has 0 bridgehead atoms. The third kappa shape index (κ3) is 4.29. The Morgan fingerprint density at radius 2 is 2.03 bits per heavy atom. The van der Waals surface area contributed by atoms with Gasteiger partial charge in [0.05, 0.1) is 11.1 Å². The third-order valence-corrected chi connectivity index (χ3v) is 7.92. The van der Waals surface area contributed by atoms with Gasteiger partial charge in [-0.15, -0.1) is 21.5 Å². The maximum Gasteiger partial charge on any atom is 0.259 e. The van der Waals surface area contributed by atoms with Crippen LogP contribution in [0, 0.1) is 0 Å². The predicted molar refractivity (Wildman–Crippen MR) is 128 cm³/mol.